The van der Waals surface area contributed by atoms with E-state index in [1.54, 1.807) is 30.3 Å². The lowest BCUT2D eigenvalue weighted by Gasteiger charge is -2.33. The van der Waals surface area contributed by atoms with Crippen LogP contribution in [0.5, 0.6) is 0 Å². The van der Waals surface area contributed by atoms with Gasteiger partial charge in [-0.25, -0.2) is 8.42 Å². The van der Waals surface area contributed by atoms with Crippen molar-refractivity contribution in [3.8, 4) is 0 Å². The van der Waals surface area contributed by atoms with Gasteiger partial charge in [0.1, 0.15) is 6.04 Å². The van der Waals surface area contributed by atoms with Crippen LogP contribution in [0.2, 0.25) is 10.0 Å². The van der Waals surface area contributed by atoms with E-state index in [1.165, 1.54) is 18.0 Å². The number of benzene rings is 4. The summed E-state index contributed by atoms with van der Waals surface area (Å²) in [6.45, 7) is 1.78. The zero-order valence-electron chi connectivity index (χ0n) is 23.5. The van der Waals surface area contributed by atoms with Crippen LogP contribution in [-0.2, 0) is 32.6 Å². The Bertz CT molecular complexity index is 1640. The highest BCUT2D eigenvalue weighted by Crippen LogP contribution is 2.28. The average molecular weight is 627 g/mol. The lowest BCUT2D eigenvalue weighted by atomic mass is 10.0. The van der Waals surface area contributed by atoms with Crippen LogP contribution in [0.25, 0.3) is 10.8 Å². The number of carbonyl (C=O) groups is 2. The number of nitrogens with one attached hydrogen (secondary N) is 1. The van der Waals surface area contributed by atoms with E-state index in [4.69, 9.17) is 23.2 Å². The SMILES string of the molecule is CCCNC(=O)[C@H](Cc1ccccc1)N(Cc1c(Cl)cccc1Cl)C(=O)CN(C)S(=O)(=O)c1ccc2ccccc2c1. The summed E-state index contributed by atoms with van der Waals surface area (Å²) >= 11 is 13.0. The number of likely N-dealkylation sites (N-methyl/N-ethyl adjacent to an activating group) is 1. The van der Waals surface area contributed by atoms with Gasteiger partial charge in [0.2, 0.25) is 21.8 Å². The molecule has 4 rings (SSSR count). The van der Waals surface area contributed by atoms with E-state index in [0.29, 0.717) is 28.6 Å². The highest BCUT2D eigenvalue weighted by Gasteiger charge is 2.33. The summed E-state index contributed by atoms with van der Waals surface area (Å²) in [5.74, 6) is -0.914. The number of fused-ring (bicyclic) bond motifs is 1. The Morgan fingerprint density at radius 2 is 1.50 bits per heavy atom. The third-order valence-corrected chi connectivity index (χ3v) is 9.51. The minimum Gasteiger partial charge on any atom is -0.354 e. The van der Waals surface area contributed by atoms with Crippen molar-refractivity contribution in [3.63, 3.8) is 0 Å². The van der Waals surface area contributed by atoms with E-state index in [-0.39, 0.29) is 23.8 Å². The molecule has 0 aliphatic rings. The predicted molar refractivity (Wildman–Crippen MR) is 168 cm³/mol. The minimum absolute atomic E-state index is 0.0683. The van der Waals surface area contributed by atoms with Crippen LogP contribution in [-0.4, -0.2) is 55.6 Å². The molecule has 0 saturated carbocycles. The molecule has 0 heterocycles. The van der Waals surface area contributed by atoms with Crippen molar-refractivity contribution in [1.82, 2.24) is 14.5 Å². The first-order valence-corrected chi connectivity index (χ1v) is 15.8. The summed E-state index contributed by atoms with van der Waals surface area (Å²) in [6, 6.07) is 25.7. The summed E-state index contributed by atoms with van der Waals surface area (Å²) in [7, 11) is -2.68. The predicted octanol–water partition coefficient (Wildman–Crippen LogP) is 5.93. The maximum atomic E-state index is 14.0. The van der Waals surface area contributed by atoms with Gasteiger partial charge in [-0.15, -0.1) is 0 Å². The minimum atomic E-state index is -4.03. The molecule has 0 spiro atoms. The normalized spacial score (nSPS) is 12.3. The topological polar surface area (TPSA) is 86.8 Å². The Balaban J connectivity index is 1.69. The van der Waals surface area contributed by atoms with Crippen molar-refractivity contribution in [3.05, 3.63) is 112 Å². The quantitative estimate of drug-likeness (QED) is 0.211. The maximum absolute atomic E-state index is 14.0. The zero-order chi connectivity index (χ0) is 30.3. The highest BCUT2D eigenvalue weighted by molar-refractivity contribution is 7.89. The largest absolute Gasteiger partial charge is 0.354 e. The highest BCUT2D eigenvalue weighted by atomic mass is 35.5. The Labute approximate surface area is 257 Å². The van der Waals surface area contributed by atoms with Gasteiger partial charge in [0.05, 0.1) is 11.4 Å². The molecule has 7 nitrogen and oxygen atoms in total. The molecule has 0 aromatic heterocycles. The molecule has 0 aliphatic carbocycles. The van der Waals surface area contributed by atoms with E-state index in [1.807, 2.05) is 61.5 Å². The van der Waals surface area contributed by atoms with Crippen molar-refractivity contribution in [1.29, 1.82) is 0 Å². The summed E-state index contributed by atoms with van der Waals surface area (Å²) in [6.07, 6.45) is 0.923. The number of nitrogens with zero attached hydrogens (tertiary/aromatic N) is 2. The average Bonchev–Trinajstić information content (AvgIpc) is 2.99. The zero-order valence-corrected chi connectivity index (χ0v) is 25.8. The van der Waals surface area contributed by atoms with Gasteiger partial charge >= 0.3 is 0 Å². The van der Waals surface area contributed by atoms with Crippen molar-refractivity contribution in [2.75, 3.05) is 20.1 Å². The van der Waals surface area contributed by atoms with Crippen LogP contribution in [0.4, 0.5) is 0 Å². The molecule has 4 aromatic rings. The van der Waals surface area contributed by atoms with E-state index in [9.17, 15) is 18.0 Å². The van der Waals surface area contributed by atoms with Crippen molar-refractivity contribution >= 4 is 55.8 Å². The van der Waals surface area contributed by atoms with Gasteiger partial charge in [0.15, 0.2) is 0 Å². The second-order valence-electron chi connectivity index (χ2n) is 9.99. The molecule has 2 amide bonds. The van der Waals surface area contributed by atoms with E-state index in [2.05, 4.69) is 5.32 Å². The number of amides is 2. The van der Waals surface area contributed by atoms with Crippen LogP contribution in [0.1, 0.15) is 24.5 Å². The summed E-state index contributed by atoms with van der Waals surface area (Å²) in [4.78, 5) is 29.0. The van der Waals surface area contributed by atoms with Gasteiger partial charge in [0.25, 0.3) is 0 Å². The Hall–Kier alpha value is -3.43. The monoisotopic (exact) mass is 625 g/mol. The Morgan fingerprint density at radius 3 is 2.17 bits per heavy atom. The fraction of sp³-hybridized carbons (Fsp3) is 0.250. The Morgan fingerprint density at radius 1 is 0.857 bits per heavy atom. The number of rotatable bonds is 12. The van der Waals surface area contributed by atoms with Gasteiger partial charge in [-0.05, 0) is 47.0 Å². The fourth-order valence-corrected chi connectivity index (χ4v) is 6.32. The summed E-state index contributed by atoms with van der Waals surface area (Å²) in [5.41, 5.74) is 1.31. The molecule has 0 saturated heterocycles. The van der Waals surface area contributed by atoms with E-state index in [0.717, 1.165) is 20.6 Å². The number of hydrogen-bond donors (Lipinski definition) is 1. The fourth-order valence-electron chi connectivity index (χ4n) is 4.65. The lowest BCUT2D eigenvalue weighted by Crippen LogP contribution is -2.53. The molecule has 42 heavy (non-hydrogen) atoms. The molecular formula is C32H33Cl2N3O4S. The van der Waals surface area contributed by atoms with Gasteiger partial charge in [-0.1, -0.05) is 96.9 Å². The first kappa shape index (κ1) is 31.5. The molecule has 0 radical (unpaired) electrons. The lowest BCUT2D eigenvalue weighted by molar-refractivity contribution is -0.141. The van der Waals surface area contributed by atoms with Gasteiger partial charge < -0.3 is 10.2 Å². The molecule has 0 unspecified atom stereocenters. The van der Waals surface area contributed by atoms with Gasteiger partial charge in [0, 0.05) is 42.2 Å². The molecule has 0 fully saturated rings. The van der Waals surface area contributed by atoms with Crippen LogP contribution >= 0.6 is 23.2 Å². The van der Waals surface area contributed by atoms with Crippen LogP contribution in [0, 0.1) is 0 Å². The number of hydrogen-bond acceptors (Lipinski definition) is 4. The number of halogens is 2. The molecule has 10 heteroatoms. The van der Waals surface area contributed by atoms with Crippen molar-refractivity contribution in [2.45, 2.75) is 37.2 Å². The molecule has 1 N–H and O–H groups in total. The third-order valence-electron chi connectivity index (χ3n) is 7.00. The summed E-state index contributed by atoms with van der Waals surface area (Å²) < 4.78 is 28.1. The molecule has 4 aromatic carbocycles. The molecule has 220 valence electrons. The smallest absolute Gasteiger partial charge is 0.243 e. The van der Waals surface area contributed by atoms with E-state index < -0.39 is 28.5 Å². The summed E-state index contributed by atoms with van der Waals surface area (Å²) in [5, 5.41) is 5.24. The molecular weight excluding hydrogens is 593 g/mol. The Kier molecular flexibility index (Phi) is 10.6. The maximum Gasteiger partial charge on any atom is 0.243 e. The van der Waals surface area contributed by atoms with Crippen LogP contribution in [0.3, 0.4) is 0 Å². The number of sulfonamides is 1. The van der Waals surface area contributed by atoms with Crippen LogP contribution in [0.15, 0.2) is 95.9 Å². The molecule has 0 aliphatic heterocycles. The van der Waals surface area contributed by atoms with Gasteiger partial charge in [-0.3, -0.25) is 9.59 Å². The second kappa shape index (κ2) is 14.2. The first-order chi connectivity index (χ1) is 20.1. The van der Waals surface area contributed by atoms with Crippen LogP contribution < -0.4 is 5.32 Å². The first-order valence-electron chi connectivity index (χ1n) is 13.6. The standard InChI is InChI=1S/C32H33Cl2N3O4S/c1-3-18-35-32(39)30(19-23-10-5-4-6-11-23)37(21-27-28(33)14-9-15-29(27)34)31(38)22-36(2)42(40,41)26-17-16-24-12-7-8-13-25(24)20-26/h4-17,20,30H,3,18-19,21-22H2,1-2H3,(H,35,39)/t30-/m0/s1. The van der Waals surface area contributed by atoms with Crippen molar-refractivity contribution in [2.24, 2.45) is 0 Å². The molecule has 0 bridgehead atoms. The number of carbonyl (C=O) groups excluding carboxylic acids is 2. The van der Waals surface area contributed by atoms with E-state index >= 15 is 0 Å². The van der Waals surface area contributed by atoms with Gasteiger partial charge in [-0.2, -0.15) is 4.31 Å². The second-order valence-corrected chi connectivity index (χ2v) is 12.8. The van der Waals surface area contributed by atoms with Crippen molar-refractivity contribution < 1.29 is 18.0 Å². The third kappa shape index (κ3) is 7.50. The molecule has 1 atom stereocenters.